The number of benzene rings is 1. The van der Waals surface area contributed by atoms with E-state index in [9.17, 15) is 13.6 Å². The number of aromatic nitrogens is 3. The van der Waals surface area contributed by atoms with E-state index in [1.54, 1.807) is 22.9 Å². The van der Waals surface area contributed by atoms with E-state index in [4.69, 9.17) is 0 Å². The van der Waals surface area contributed by atoms with Crippen LogP contribution in [-0.2, 0) is 6.42 Å². The number of likely N-dealkylation sites (tertiary alicyclic amines) is 1. The predicted molar refractivity (Wildman–Crippen MR) is 78.3 cm³/mol. The molecule has 1 fully saturated rings. The van der Waals surface area contributed by atoms with Crippen molar-refractivity contribution in [2.75, 3.05) is 13.1 Å². The van der Waals surface area contributed by atoms with Gasteiger partial charge < -0.3 is 4.90 Å². The SMILES string of the molecule is CC1(F)CN(C(=O)c2nc3n(n2)C(c2ccccc2F)CC3)C1. The van der Waals surface area contributed by atoms with E-state index in [-0.39, 0.29) is 36.7 Å². The molecule has 2 aliphatic rings. The highest BCUT2D eigenvalue weighted by Crippen LogP contribution is 2.32. The normalized spacial score (nSPS) is 21.9. The van der Waals surface area contributed by atoms with Crippen molar-refractivity contribution in [3.8, 4) is 0 Å². The van der Waals surface area contributed by atoms with Crippen molar-refractivity contribution >= 4 is 5.91 Å². The molecule has 1 amide bonds. The largest absolute Gasteiger partial charge is 0.329 e. The third-order valence-corrected chi connectivity index (χ3v) is 4.42. The van der Waals surface area contributed by atoms with Crippen LogP contribution < -0.4 is 0 Å². The summed E-state index contributed by atoms with van der Waals surface area (Å²) in [5.41, 5.74) is -0.774. The zero-order chi connectivity index (χ0) is 16.2. The number of rotatable bonds is 2. The predicted octanol–water partition coefficient (Wildman–Crippen LogP) is 2.14. The van der Waals surface area contributed by atoms with E-state index in [1.807, 2.05) is 0 Å². The Hall–Kier alpha value is -2.31. The maximum atomic E-state index is 14.0. The topological polar surface area (TPSA) is 51.0 Å². The first-order valence-electron chi connectivity index (χ1n) is 7.63. The summed E-state index contributed by atoms with van der Waals surface area (Å²) in [5.74, 6) is 0.0839. The number of halogens is 2. The molecule has 0 bridgehead atoms. The number of hydrogen-bond donors (Lipinski definition) is 0. The molecule has 1 aromatic heterocycles. The van der Waals surface area contributed by atoms with Gasteiger partial charge in [-0.15, -0.1) is 5.10 Å². The van der Waals surface area contributed by atoms with E-state index < -0.39 is 5.67 Å². The van der Waals surface area contributed by atoms with E-state index >= 15 is 0 Å². The van der Waals surface area contributed by atoms with Crippen molar-refractivity contribution in [2.24, 2.45) is 0 Å². The third kappa shape index (κ3) is 2.31. The number of carbonyl (C=O) groups is 1. The van der Waals surface area contributed by atoms with Gasteiger partial charge in [0.1, 0.15) is 17.3 Å². The number of carbonyl (C=O) groups excluding carboxylic acids is 1. The Morgan fingerprint density at radius 3 is 2.78 bits per heavy atom. The zero-order valence-corrected chi connectivity index (χ0v) is 12.7. The lowest BCUT2D eigenvalue weighted by Gasteiger charge is -2.41. The van der Waals surface area contributed by atoms with Crippen molar-refractivity contribution in [1.29, 1.82) is 0 Å². The van der Waals surface area contributed by atoms with Gasteiger partial charge in [-0.25, -0.2) is 18.4 Å². The average Bonchev–Trinajstić information content (AvgIpc) is 3.05. The molecule has 1 atom stereocenters. The smallest absolute Gasteiger partial charge is 0.293 e. The van der Waals surface area contributed by atoms with Gasteiger partial charge in [0.2, 0.25) is 5.82 Å². The molecule has 0 aliphatic carbocycles. The minimum atomic E-state index is -1.33. The third-order valence-electron chi connectivity index (χ3n) is 4.42. The van der Waals surface area contributed by atoms with Gasteiger partial charge >= 0.3 is 0 Å². The molecule has 23 heavy (non-hydrogen) atoms. The van der Waals surface area contributed by atoms with Gasteiger partial charge in [0.25, 0.3) is 5.91 Å². The monoisotopic (exact) mass is 318 g/mol. The summed E-state index contributed by atoms with van der Waals surface area (Å²) in [7, 11) is 0. The van der Waals surface area contributed by atoms with Crippen LogP contribution in [0.5, 0.6) is 0 Å². The van der Waals surface area contributed by atoms with Gasteiger partial charge in [-0.3, -0.25) is 4.79 Å². The molecule has 1 unspecified atom stereocenters. The van der Waals surface area contributed by atoms with Crippen LogP contribution in [0.3, 0.4) is 0 Å². The van der Waals surface area contributed by atoms with Gasteiger partial charge in [-0.1, -0.05) is 18.2 Å². The lowest BCUT2D eigenvalue weighted by Crippen LogP contribution is -2.59. The summed E-state index contributed by atoms with van der Waals surface area (Å²) in [6.45, 7) is 1.59. The Labute approximate surface area is 131 Å². The fourth-order valence-electron chi connectivity index (χ4n) is 3.32. The highest BCUT2D eigenvalue weighted by Gasteiger charge is 2.43. The molecule has 5 nitrogen and oxygen atoms in total. The molecular formula is C16H16F2N4O. The lowest BCUT2D eigenvalue weighted by atomic mass is 9.99. The molecule has 4 rings (SSSR count). The van der Waals surface area contributed by atoms with Gasteiger partial charge in [0.05, 0.1) is 19.1 Å². The quantitative estimate of drug-likeness (QED) is 0.852. The lowest BCUT2D eigenvalue weighted by molar-refractivity contribution is -0.00866. The summed E-state index contributed by atoms with van der Waals surface area (Å²) in [4.78, 5) is 17.9. The Kier molecular flexibility index (Phi) is 3.01. The molecule has 120 valence electrons. The summed E-state index contributed by atoms with van der Waals surface area (Å²) < 4.78 is 29.2. The number of fused-ring (bicyclic) bond motifs is 1. The molecule has 3 heterocycles. The van der Waals surface area contributed by atoms with Crippen LogP contribution in [0, 0.1) is 5.82 Å². The van der Waals surface area contributed by atoms with Crippen LogP contribution in [0.15, 0.2) is 24.3 Å². The van der Waals surface area contributed by atoms with Gasteiger partial charge in [0.15, 0.2) is 0 Å². The second-order valence-electron chi connectivity index (χ2n) is 6.45. The minimum Gasteiger partial charge on any atom is -0.329 e. The molecular weight excluding hydrogens is 302 g/mol. The Morgan fingerprint density at radius 1 is 1.35 bits per heavy atom. The van der Waals surface area contributed by atoms with Gasteiger partial charge in [-0.05, 0) is 19.4 Å². The molecule has 1 aromatic carbocycles. The van der Waals surface area contributed by atoms with Gasteiger partial charge in [0, 0.05) is 12.0 Å². The molecule has 0 spiro atoms. The van der Waals surface area contributed by atoms with Crippen molar-refractivity contribution in [3.63, 3.8) is 0 Å². The summed E-state index contributed by atoms with van der Waals surface area (Å²) in [6, 6.07) is 6.31. The van der Waals surface area contributed by atoms with Crippen LogP contribution in [0.1, 0.15) is 41.4 Å². The summed E-state index contributed by atoms with van der Waals surface area (Å²) >= 11 is 0. The standard InChI is InChI=1S/C16H16F2N4O/c1-16(18)8-21(9-16)15(23)14-19-13-7-6-12(22(13)20-14)10-4-2-3-5-11(10)17/h2-5,12H,6-9H2,1H3. The molecule has 7 heteroatoms. The van der Waals surface area contributed by atoms with E-state index in [0.29, 0.717) is 24.2 Å². The first-order chi connectivity index (χ1) is 10.9. The first kappa shape index (κ1) is 14.3. The highest BCUT2D eigenvalue weighted by molar-refractivity contribution is 5.91. The number of nitrogens with zero attached hydrogens (tertiary/aromatic N) is 4. The fourth-order valence-corrected chi connectivity index (χ4v) is 3.32. The Bertz CT molecular complexity index is 778. The van der Waals surface area contributed by atoms with Gasteiger partial charge in [-0.2, -0.15) is 0 Å². The summed E-state index contributed by atoms with van der Waals surface area (Å²) in [5, 5.41) is 4.27. The second-order valence-corrected chi connectivity index (χ2v) is 6.45. The number of hydrogen-bond acceptors (Lipinski definition) is 3. The van der Waals surface area contributed by atoms with Crippen LogP contribution in [0.4, 0.5) is 8.78 Å². The molecule has 0 saturated carbocycles. The fraction of sp³-hybridized carbons (Fsp3) is 0.438. The minimum absolute atomic E-state index is 0.0620. The Balaban J connectivity index is 1.60. The van der Waals surface area contributed by atoms with E-state index in [1.165, 1.54) is 17.9 Å². The van der Waals surface area contributed by atoms with Crippen molar-refractivity contribution in [1.82, 2.24) is 19.7 Å². The van der Waals surface area contributed by atoms with Crippen LogP contribution >= 0.6 is 0 Å². The second kappa shape index (κ2) is 4.84. The molecule has 1 saturated heterocycles. The van der Waals surface area contributed by atoms with Crippen LogP contribution in [0.25, 0.3) is 0 Å². The van der Waals surface area contributed by atoms with E-state index in [2.05, 4.69) is 10.1 Å². The first-order valence-corrected chi connectivity index (χ1v) is 7.63. The van der Waals surface area contributed by atoms with Crippen LogP contribution in [-0.4, -0.2) is 44.3 Å². The molecule has 0 N–H and O–H groups in total. The summed E-state index contributed by atoms with van der Waals surface area (Å²) in [6.07, 6.45) is 1.34. The van der Waals surface area contributed by atoms with Crippen molar-refractivity contribution in [3.05, 3.63) is 47.3 Å². The van der Waals surface area contributed by atoms with Crippen LogP contribution in [0.2, 0.25) is 0 Å². The van der Waals surface area contributed by atoms with Crippen molar-refractivity contribution in [2.45, 2.75) is 31.5 Å². The number of alkyl halides is 1. The maximum Gasteiger partial charge on any atom is 0.293 e. The maximum absolute atomic E-state index is 14.0. The number of aryl methyl sites for hydroxylation is 1. The molecule has 0 radical (unpaired) electrons. The van der Waals surface area contributed by atoms with Crippen molar-refractivity contribution < 1.29 is 13.6 Å². The van der Waals surface area contributed by atoms with E-state index in [0.717, 1.165) is 0 Å². The zero-order valence-electron chi connectivity index (χ0n) is 12.7. The Morgan fingerprint density at radius 2 is 2.09 bits per heavy atom. The molecule has 2 aliphatic heterocycles. The average molecular weight is 318 g/mol. The highest BCUT2D eigenvalue weighted by atomic mass is 19.1. The molecule has 2 aromatic rings. The number of amides is 1.